The summed E-state index contributed by atoms with van der Waals surface area (Å²) in [6.45, 7) is -0.920. The minimum Gasteiger partial charge on any atom is -0.549 e. The third-order valence-electron chi connectivity index (χ3n) is 2.49. The molecule has 0 saturated heterocycles. The minimum absolute atomic E-state index is 0.440. The van der Waals surface area contributed by atoms with Crippen LogP contribution in [0.25, 0.3) is 0 Å². The molecule has 0 saturated carbocycles. The van der Waals surface area contributed by atoms with Gasteiger partial charge in [-0.25, -0.2) is 8.42 Å². The van der Waals surface area contributed by atoms with Crippen molar-refractivity contribution >= 4 is 16.0 Å². The molecule has 0 aliphatic heterocycles. The lowest BCUT2D eigenvalue weighted by Gasteiger charge is -2.19. The van der Waals surface area contributed by atoms with Crippen LogP contribution in [0.15, 0.2) is 24.3 Å². The van der Waals surface area contributed by atoms with E-state index in [1.54, 1.807) is 0 Å². The molecule has 1 rings (SSSR count). The van der Waals surface area contributed by atoms with E-state index in [9.17, 15) is 31.5 Å². The van der Waals surface area contributed by atoms with E-state index in [4.69, 9.17) is 0 Å². The average molecular weight is 310 g/mol. The maximum absolute atomic E-state index is 12.7. The first-order chi connectivity index (χ1) is 9.04. The molecule has 0 aliphatic rings. The van der Waals surface area contributed by atoms with E-state index in [1.807, 2.05) is 0 Å². The fourth-order valence-corrected chi connectivity index (χ4v) is 2.68. The molecule has 0 aromatic heterocycles. The molecule has 0 spiro atoms. The van der Waals surface area contributed by atoms with E-state index in [-0.39, 0.29) is 0 Å². The van der Waals surface area contributed by atoms with E-state index in [0.29, 0.717) is 4.31 Å². The first kappa shape index (κ1) is 16.4. The van der Waals surface area contributed by atoms with Crippen molar-refractivity contribution < 1.29 is 31.5 Å². The largest absolute Gasteiger partial charge is 0.549 e. The van der Waals surface area contributed by atoms with Gasteiger partial charge in [-0.3, -0.25) is 0 Å². The number of halogens is 3. The quantitative estimate of drug-likeness (QED) is 0.779. The van der Waals surface area contributed by atoms with Gasteiger partial charge in [-0.1, -0.05) is 18.2 Å². The van der Waals surface area contributed by atoms with Crippen LogP contribution in [0.1, 0.15) is 11.1 Å². The lowest BCUT2D eigenvalue weighted by atomic mass is 10.1. The van der Waals surface area contributed by atoms with E-state index >= 15 is 0 Å². The molecule has 0 fully saturated rings. The monoisotopic (exact) mass is 310 g/mol. The third kappa shape index (κ3) is 4.20. The topological polar surface area (TPSA) is 77.5 Å². The molecule has 0 N–H and O–H groups in total. The van der Waals surface area contributed by atoms with Gasteiger partial charge in [0.2, 0.25) is 10.0 Å². The number of alkyl halides is 3. The molecule has 0 unspecified atom stereocenters. The number of carbonyl (C=O) groups is 1. The number of benzene rings is 1. The van der Waals surface area contributed by atoms with Gasteiger partial charge < -0.3 is 9.90 Å². The summed E-state index contributed by atoms with van der Waals surface area (Å²) in [5.41, 5.74) is -1.50. The minimum atomic E-state index is -4.68. The van der Waals surface area contributed by atoms with Crippen molar-refractivity contribution in [1.82, 2.24) is 4.31 Å². The van der Waals surface area contributed by atoms with Crippen LogP contribution in [0.5, 0.6) is 0 Å². The second-order valence-electron chi connectivity index (χ2n) is 4.04. The lowest BCUT2D eigenvalue weighted by molar-refractivity contribution is -0.305. The molecule has 5 nitrogen and oxygen atoms in total. The zero-order valence-corrected chi connectivity index (χ0v) is 11.2. The van der Waals surface area contributed by atoms with Crippen LogP contribution >= 0.6 is 0 Å². The number of sulfonamides is 1. The summed E-state index contributed by atoms with van der Waals surface area (Å²) in [5, 5.41) is 10.3. The van der Waals surface area contributed by atoms with Crippen molar-refractivity contribution in [2.45, 2.75) is 11.9 Å². The molecule has 20 heavy (non-hydrogen) atoms. The summed E-state index contributed by atoms with van der Waals surface area (Å²) >= 11 is 0. The molecule has 0 atom stereocenters. The summed E-state index contributed by atoms with van der Waals surface area (Å²) in [6.07, 6.45) is -4.68. The Bertz CT molecular complexity index is 598. The van der Waals surface area contributed by atoms with Gasteiger partial charge in [0.25, 0.3) is 0 Å². The number of rotatable bonds is 5. The number of carboxylic acids is 1. The van der Waals surface area contributed by atoms with Crippen LogP contribution in [0, 0.1) is 0 Å². The highest BCUT2D eigenvalue weighted by Gasteiger charge is 2.34. The maximum atomic E-state index is 12.7. The molecule has 1 aromatic rings. The standard InChI is InChI=1S/C11H12F3NO4S/c1-15(6-10(16)17)20(18,19)7-8-4-2-3-5-9(8)11(12,13)14/h2-5H,6-7H2,1H3,(H,16,17)/p-1. The van der Waals surface area contributed by atoms with Crippen LogP contribution in [-0.4, -0.2) is 32.3 Å². The molecular weight excluding hydrogens is 299 g/mol. The molecule has 0 radical (unpaired) electrons. The Hall–Kier alpha value is -1.61. The van der Waals surface area contributed by atoms with Crippen LogP contribution in [0.3, 0.4) is 0 Å². The zero-order chi connectivity index (χ0) is 15.6. The van der Waals surface area contributed by atoms with E-state index < -0.39 is 45.6 Å². The maximum Gasteiger partial charge on any atom is 0.416 e. The Labute approximate surface area is 113 Å². The molecule has 9 heteroatoms. The Kier molecular flexibility index (Phi) is 4.77. The average Bonchev–Trinajstić information content (AvgIpc) is 2.26. The Morgan fingerprint density at radius 1 is 1.30 bits per heavy atom. The molecule has 112 valence electrons. The van der Waals surface area contributed by atoms with Crippen LogP contribution in [0.4, 0.5) is 13.2 Å². The molecule has 0 heterocycles. The summed E-state index contributed by atoms with van der Waals surface area (Å²) < 4.78 is 62.2. The molecule has 0 bridgehead atoms. The predicted molar refractivity (Wildman–Crippen MR) is 61.7 cm³/mol. The summed E-state index contributed by atoms with van der Waals surface area (Å²) in [7, 11) is -3.22. The summed E-state index contributed by atoms with van der Waals surface area (Å²) in [5.74, 6) is -2.58. The van der Waals surface area contributed by atoms with Gasteiger partial charge in [-0.2, -0.15) is 17.5 Å². The third-order valence-corrected chi connectivity index (χ3v) is 4.24. The van der Waals surface area contributed by atoms with Gasteiger partial charge in [0, 0.05) is 7.05 Å². The fourth-order valence-electron chi connectivity index (χ4n) is 1.51. The summed E-state index contributed by atoms with van der Waals surface area (Å²) in [6, 6.07) is 4.22. The smallest absolute Gasteiger partial charge is 0.416 e. The normalized spacial score (nSPS) is 12.7. The van der Waals surface area contributed by atoms with Gasteiger partial charge in [0.1, 0.15) is 0 Å². The first-order valence-corrected chi connectivity index (χ1v) is 6.94. The fraction of sp³-hybridized carbons (Fsp3) is 0.364. The van der Waals surface area contributed by atoms with Crippen molar-refractivity contribution in [1.29, 1.82) is 0 Å². The van der Waals surface area contributed by atoms with Crippen molar-refractivity contribution in [2.24, 2.45) is 0 Å². The Balaban J connectivity index is 3.08. The molecule has 1 aromatic carbocycles. The Morgan fingerprint density at radius 3 is 2.35 bits per heavy atom. The van der Waals surface area contributed by atoms with Crippen molar-refractivity contribution in [2.75, 3.05) is 13.6 Å². The van der Waals surface area contributed by atoms with Crippen LogP contribution < -0.4 is 5.11 Å². The van der Waals surface area contributed by atoms with E-state index in [1.165, 1.54) is 6.07 Å². The van der Waals surface area contributed by atoms with Gasteiger partial charge >= 0.3 is 6.18 Å². The number of hydrogen-bond donors (Lipinski definition) is 0. The van der Waals surface area contributed by atoms with E-state index in [0.717, 1.165) is 25.2 Å². The highest BCUT2D eigenvalue weighted by atomic mass is 32.2. The molecular formula is C11H11F3NO4S-. The van der Waals surface area contributed by atoms with Gasteiger partial charge in [0.05, 0.1) is 23.8 Å². The lowest BCUT2D eigenvalue weighted by Crippen LogP contribution is -2.39. The number of nitrogens with zero attached hydrogens (tertiary/aromatic N) is 1. The predicted octanol–water partition coefficient (Wildman–Crippen LogP) is 0.217. The number of aliphatic carboxylic acids is 1. The van der Waals surface area contributed by atoms with Gasteiger partial charge in [-0.15, -0.1) is 0 Å². The SMILES string of the molecule is CN(CC(=O)[O-])S(=O)(=O)Cc1ccccc1C(F)(F)F. The van der Waals surface area contributed by atoms with Crippen molar-refractivity contribution in [3.05, 3.63) is 35.4 Å². The number of hydrogen-bond acceptors (Lipinski definition) is 4. The summed E-state index contributed by atoms with van der Waals surface area (Å²) in [4.78, 5) is 10.3. The molecule has 0 amide bonds. The van der Waals surface area contributed by atoms with Crippen molar-refractivity contribution in [3.63, 3.8) is 0 Å². The zero-order valence-electron chi connectivity index (χ0n) is 10.3. The number of likely N-dealkylation sites (N-methyl/N-ethyl adjacent to an activating group) is 1. The highest BCUT2D eigenvalue weighted by molar-refractivity contribution is 7.88. The second kappa shape index (κ2) is 5.80. The number of carbonyl (C=O) groups excluding carboxylic acids is 1. The molecule has 0 aliphatic carbocycles. The highest BCUT2D eigenvalue weighted by Crippen LogP contribution is 2.32. The van der Waals surface area contributed by atoms with Crippen LogP contribution in [-0.2, 0) is 26.7 Å². The van der Waals surface area contributed by atoms with Gasteiger partial charge in [0.15, 0.2) is 0 Å². The Morgan fingerprint density at radius 2 is 1.85 bits per heavy atom. The van der Waals surface area contributed by atoms with Gasteiger partial charge in [-0.05, 0) is 11.6 Å². The first-order valence-electron chi connectivity index (χ1n) is 5.33. The van der Waals surface area contributed by atoms with E-state index in [2.05, 4.69) is 0 Å². The second-order valence-corrected chi connectivity index (χ2v) is 6.12. The van der Waals surface area contributed by atoms with Crippen LogP contribution in [0.2, 0.25) is 0 Å². The number of carboxylic acid groups (broad SMARTS) is 1. The van der Waals surface area contributed by atoms with Crippen molar-refractivity contribution in [3.8, 4) is 0 Å².